The van der Waals surface area contributed by atoms with Crippen LogP contribution in [-0.2, 0) is 20.5 Å². The van der Waals surface area contributed by atoms with Gasteiger partial charge in [0.15, 0.2) is 12.4 Å². The Bertz CT molecular complexity index is 1680. The van der Waals surface area contributed by atoms with Crippen LogP contribution in [0.1, 0.15) is 25.3 Å². The van der Waals surface area contributed by atoms with Crippen molar-refractivity contribution >= 4 is 52.3 Å². The van der Waals surface area contributed by atoms with Crippen molar-refractivity contribution in [1.29, 1.82) is 0 Å². The fraction of sp³-hybridized carbons (Fsp3) is 0.320. The first-order valence-electron chi connectivity index (χ1n) is 12.3. The summed E-state index contributed by atoms with van der Waals surface area (Å²) in [5.41, 5.74) is 4.97. The third-order valence-electron chi connectivity index (χ3n) is 6.23. The number of aromatic nitrogens is 4. The van der Waals surface area contributed by atoms with Crippen LogP contribution in [0.2, 0.25) is 15.1 Å². The van der Waals surface area contributed by atoms with Crippen LogP contribution in [0.5, 0.6) is 5.75 Å². The summed E-state index contributed by atoms with van der Waals surface area (Å²) in [6.07, 6.45) is -2.38. The fourth-order valence-electron chi connectivity index (χ4n) is 4.10. The van der Waals surface area contributed by atoms with E-state index in [-0.39, 0.29) is 75.0 Å². The maximum Gasteiger partial charge on any atom is 0.417 e. The molecule has 1 amide bonds. The highest BCUT2D eigenvalue weighted by molar-refractivity contribution is 6.36. The zero-order chi connectivity index (χ0) is 30.3. The number of carbonyl (C=O) groups is 2. The SMILES string of the molecule is CC(N)C(=O)OCN1C[C@H](Oc2cc(Cl)c(-c3noc(-c4cn5cc(C(F)(F)F)cc(Cl)c5n4)n3)cc2Cl)CCC1=O. The van der Waals surface area contributed by atoms with Gasteiger partial charge in [0.05, 0.1) is 27.2 Å². The molecule has 3 aromatic heterocycles. The number of halogens is 6. The third-order valence-corrected chi connectivity index (χ3v) is 7.11. The molecule has 5 rings (SSSR count). The van der Waals surface area contributed by atoms with E-state index in [0.717, 1.165) is 16.7 Å². The van der Waals surface area contributed by atoms with Crippen LogP contribution in [0.4, 0.5) is 13.2 Å². The van der Waals surface area contributed by atoms with E-state index in [0.29, 0.717) is 6.42 Å². The van der Waals surface area contributed by atoms with Gasteiger partial charge >= 0.3 is 12.1 Å². The number of fused-ring (bicyclic) bond motifs is 1. The summed E-state index contributed by atoms with van der Waals surface area (Å²) in [4.78, 5) is 33.7. The molecule has 1 aliphatic heterocycles. The lowest BCUT2D eigenvalue weighted by atomic mass is 10.1. The van der Waals surface area contributed by atoms with E-state index in [1.54, 1.807) is 0 Å². The number of likely N-dealkylation sites (tertiary alicyclic amines) is 1. The highest BCUT2D eigenvalue weighted by Gasteiger charge is 2.32. The van der Waals surface area contributed by atoms with E-state index in [2.05, 4.69) is 15.1 Å². The van der Waals surface area contributed by atoms with Gasteiger partial charge in [-0.15, -0.1) is 0 Å². The second-order valence-electron chi connectivity index (χ2n) is 9.39. The van der Waals surface area contributed by atoms with Gasteiger partial charge in [-0.05, 0) is 25.5 Å². The molecule has 0 radical (unpaired) electrons. The molecule has 11 nitrogen and oxygen atoms in total. The summed E-state index contributed by atoms with van der Waals surface area (Å²) in [5.74, 6) is -0.665. The van der Waals surface area contributed by atoms with Crippen molar-refractivity contribution in [3.8, 4) is 28.7 Å². The van der Waals surface area contributed by atoms with E-state index >= 15 is 0 Å². The zero-order valence-electron chi connectivity index (χ0n) is 21.5. The van der Waals surface area contributed by atoms with Crippen LogP contribution in [0.25, 0.3) is 28.6 Å². The summed E-state index contributed by atoms with van der Waals surface area (Å²) in [7, 11) is 0. The van der Waals surface area contributed by atoms with Gasteiger partial charge in [0.1, 0.15) is 23.6 Å². The Morgan fingerprint density at radius 3 is 2.64 bits per heavy atom. The van der Waals surface area contributed by atoms with Gasteiger partial charge in [-0.25, -0.2) is 4.98 Å². The number of esters is 1. The van der Waals surface area contributed by atoms with Crippen LogP contribution < -0.4 is 10.5 Å². The molecular weight excluding hydrogens is 628 g/mol. The minimum absolute atomic E-state index is 0.0352. The number of hydrogen-bond donors (Lipinski definition) is 1. The van der Waals surface area contributed by atoms with Gasteiger partial charge in [-0.3, -0.25) is 9.59 Å². The molecule has 1 aliphatic rings. The van der Waals surface area contributed by atoms with Crippen LogP contribution in [0, 0.1) is 0 Å². The molecule has 0 saturated carbocycles. The molecule has 1 aromatic carbocycles. The molecule has 17 heteroatoms. The lowest BCUT2D eigenvalue weighted by molar-refractivity contribution is -0.157. The van der Waals surface area contributed by atoms with Gasteiger partial charge in [0.2, 0.25) is 11.7 Å². The maximum atomic E-state index is 13.2. The lowest BCUT2D eigenvalue weighted by Crippen LogP contribution is -2.46. The number of carbonyl (C=O) groups excluding carboxylic acids is 2. The highest BCUT2D eigenvalue weighted by Crippen LogP contribution is 2.38. The molecule has 1 fully saturated rings. The number of nitrogens with zero attached hydrogens (tertiary/aromatic N) is 5. The molecule has 222 valence electrons. The van der Waals surface area contributed by atoms with E-state index < -0.39 is 29.9 Å². The van der Waals surface area contributed by atoms with Crippen LogP contribution in [0.3, 0.4) is 0 Å². The summed E-state index contributed by atoms with van der Waals surface area (Å²) in [6.45, 7) is 1.36. The first kappa shape index (κ1) is 29.9. The number of piperidine rings is 1. The van der Waals surface area contributed by atoms with Crippen molar-refractivity contribution in [3.05, 3.63) is 51.2 Å². The van der Waals surface area contributed by atoms with Crippen LogP contribution >= 0.6 is 34.8 Å². The van der Waals surface area contributed by atoms with Crippen molar-refractivity contribution < 1.29 is 36.8 Å². The highest BCUT2D eigenvalue weighted by atomic mass is 35.5. The Morgan fingerprint density at radius 2 is 1.93 bits per heavy atom. The zero-order valence-corrected chi connectivity index (χ0v) is 23.8. The minimum Gasteiger partial charge on any atom is -0.487 e. The molecular formula is C25H20Cl3F3N6O5. The van der Waals surface area contributed by atoms with Gasteiger partial charge in [0.25, 0.3) is 5.89 Å². The average Bonchev–Trinajstić information content (AvgIpc) is 3.58. The Hall–Kier alpha value is -3.59. The molecule has 0 bridgehead atoms. The number of alkyl halides is 3. The second kappa shape index (κ2) is 11.6. The van der Waals surface area contributed by atoms with Crippen molar-refractivity contribution in [2.75, 3.05) is 13.3 Å². The normalized spacial score (nSPS) is 16.6. The third kappa shape index (κ3) is 6.26. The molecule has 1 unspecified atom stereocenters. The molecule has 2 N–H and O–H groups in total. The van der Waals surface area contributed by atoms with E-state index in [4.69, 9.17) is 54.5 Å². The van der Waals surface area contributed by atoms with Crippen LogP contribution in [0.15, 0.2) is 35.1 Å². The molecule has 4 aromatic rings. The Balaban J connectivity index is 1.32. The van der Waals surface area contributed by atoms with Crippen molar-refractivity contribution in [2.24, 2.45) is 5.73 Å². The summed E-state index contributed by atoms with van der Waals surface area (Å²) < 4.78 is 56.9. The van der Waals surface area contributed by atoms with Crippen molar-refractivity contribution in [1.82, 2.24) is 24.4 Å². The number of ether oxygens (including phenoxy) is 2. The van der Waals surface area contributed by atoms with Crippen molar-refractivity contribution in [3.63, 3.8) is 0 Å². The van der Waals surface area contributed by atoms with E-state index in [9.17, 15) is 22.8 Å². The standard InChI is InChI=1S/C25H20Cl3F3N6O5/c1-11(32)24(39)40-10-37-8-13(2-3-20(37)38)41-19-6-15(26)14(5-16(19)27)21-34-23(42-35-21)18-9-36-7-12(25(29,30)31)4-17(28)22(36)33-18/h4-7,9,11,13H,2-3,8,10,32H2,1H3/t11?,13-/m1/s1. The van der Waals surface area contributed by atoms with Gasteiger partial charge in [0, 0.05) is 30.4 Å². The predicted octanol–water partition coefficient (Wildman–Crippen LogP) is 5.25. The predicted molar refractivity (Wildman–Crippen MR) is 144 cm³/mol. The van der Waals surface area contributed by atoms with Crippen LogP contribution in [-0.4, -0.2) is 61.7 Å². The van der Waals surface area contributed by atoms with Gasteiger partial charge in [-0.1, -0.05) is 40.0 Å². The quantitative estimate of drug-likeness (QED) is 0.267. The van der Waals surface area contributed by atoms with Gasteiger partial charge in [-0.2, -0.15) is 18.2 Å². The van der Waals surface area contributed by atoms with Gasteiger partial charge < -0.3 is 29.0 Å². The lowest BCUT2D eigenvalue weighted by Gasteiger charge is -2.32. The fourth-order valence-corrected chi connectivity index (χ4v) is 4.80. The topological polar surface area (TPSA) is 138 Å². The second-order valence-corrected chi connectivity index (χ2v) is 10.6. The minimum atomic E-state index is -4.60. The summed E-state index contributed by atoms with van der Waals surface area (Å²) >= 11 is 19.0. The largest absolute Gasteiger partial charge is 0.487 e. The number of pyridine rings is 1. The first-order chi connectivity index (χ1) is 19.8. The Kier molecular flexibility index (Phi) is 8.25. The molecule has 42 heavy (non-hydrogen) atoms. The first-order valence-corrected chi connectivity index (χ1v) is 13.4. The monoisotopic (exact) mass is 646 g/mol. The smallest absolute Gasteiger partial charge is 0.417 e. The number of amides is 1. The maximum absolute atomic E-state index is 13.2. The molecule has 2 atom stereocenters. The van der Waals surface area contributed by atoms with E-state index in [1.807, 2.05) is 0 Å². The number of imidazole rings is 1. The molecule has 0 aliphatic carbocycles. The van der Waals surface area contributed by atoms with Crippen molar-refractivity contribution in [2.45, 2.75) is 38.1 Å². The molecule has 0 spiro atoms. The number of hydrogen-bond acceptors (Lipinski definition) is 9. The summed E-state index contributed by atoms with van der Waals surface area (Å²) in [5, 5.41) is 4.00. The number of benzene rings is 1. The number of nitrogens with two attached hydrogens (primary N) is 1. The average molecular weight is 648 g/mol. The molecule has 1 saturated heterocycles. The summed E-state index contributed by atoms with van der Waals surface area (Å²) in [6, 6.07) is 2.87. The molecule has 4 heterocycles. The Labute approximate surface area is 250 Å². The number of rotatable bonds is 7. The van der Waals surface area contributed by atoms with E-state index in [1.165, 1.54) is 30.2 Å². The Morgan fingerprint density at radius 1 is 1.17 bits per heavy atom.